The summed E-state index contributed by atoms with van der Waals surface area (Å²) in [6, 6.07) is 0. The number of nitrogens with zero attached hydrogens (tertiary/aromatic N) is 1. The fourth-order valence-electron chi connectivity index (χ4n) is 8.14. The molecule has 0 aromatic heterocycles. The van der Waals surface area contributed by atoms with E-state index >= 15 is 0 Å². The summed E-state index contributed by atoms with van der Waals surface area (Å²) in [7, 11) is 1.62. The van der Waals surface area contributed by atoms with Crippen LogP contribution in [0.15, 0.2) is 0 Å². The highest BCUT2D eigenvalue weighted by atomic mass is 16.5. The van der Waals surface area contributed by atoms with Crippen LogP contribution in [0.2, 0.25) is 0 Å². The molecule has 0 bridgehead atoms. The molecule has 1 unspecified atom stereocenters. The van der Waals surface area contributed by atoms with E-state index in [2.05, 4.69) is 31.0 Å². The van der Waals surface area contributed by atoms with Crippen molar-refractivity contribution < 1.29 is 29.0 Å². The molecule has 338 valence electrons. The van der Waals surface area contributed by atoms with Gasteiger partial charge in [0.15, 0.2) is 0 Å². The third-order valence-electron chi connectivity index (χ3n) is 11.9. The lowest BCUT2D eigenvalue weighted by Gasteiger charge is -2.25. The number of esters is 1. The molecule has 0 saturated carbocycles. The number of methoxy groups -OCH3 is 1. The molecule has 8 heteroatoms. The van der Waals surface area contributed by atoms with Crippen LogP contribution in [0.5, 0.6) is 0 Å². The standard InChI is InChI=1S/C49H96N2O6/c1-5-8-11-14-17-25-32-43-57-48(53)37-29-21-18-23-30-40-51(42-33-39-50-47(52)38-44-56-4)41-31-24-22-28-36-46(49(54)55)45(34-26-19-15-12-9-6-2)35-27-20-16-13-10-7-3/h45-46H,5-44H2,1-4H3,(H,50,52)(H,54,55). The average molecular weight is 809 g/mol. The molecule has 57 heavy (non-hydrogen) atoms. The normalized spacial score (nSPS) is 12.1. The van der Waals surface area contributed by atoms with Crippen LogP contribution < -0.4 is 5.32 Å². The molecule has 1 atom stereocenters. The Morgan fingerprint density at radius 2 is 0.947 bits per heavy atom. The molecule has 0 fully saturated rings. The Bertz CT molecular complexity index is 870. The van der Waals surface area contributed by atoms with Crippen LogP contribution in [0, 0.1) is 11.8 Å². The van der Waals surface area contributed by atoms with Crippen molar-refractivity contribution in [2.75, 3.05) is 46.5 Å². The fraction of sp³-hybridized carbons (Fsp3) is 0.939. The number of carboxylic acid groups (broad SMARTS) is 1. The van der Waals surface area contributed by atoms with E-state index in [1.165, 1.54) is 109 Å². The summed E-state index contributed by atoms with van der Waals surface area (Å²) in [4.78, 5) is 39.3. The first kappa shape index (κ1) is 55.3. The summed E-state index contributed by atoms with van der Waals surface area (Å²) in [6.07, 6.45) is 38.3. The Morgan fingerprint density at radius 1 is 0.509 bits per heavy atom. The van der Waals surface area contributed by atoms with E-state index < -0.39 is 5.97 Å². The number of hydrogen-bond donors (Lipinski definition) is 2. The Balaban J connectivity index is 4.66. The minimum atomic E-state index is -0.573. The minimum Gasteiger partial charge on any atom is -0.481 e. The maximum atomic E-state index is 12.6. The van der Waals surface area contributed by atoms with Gasteiger partial charge in [0, 0.05) is 26.5 Å². The molecule has 0 spiro atoms. The van der Waals surface area contributed by atoms with Gasteiger partial charge in [-0.3, -0.25) is 14.4 Å². The van der Waals surface area contributed by atoms with Crippen molar-refractivity contribution in [2.24, 2.45) is 11.8 Å². The van der Waals surface area contributed by atoms with Crippen LogP contribution in [0.3, 0.4) is 0 Å². The van der Waals surface area contributed by atoms with Gasteiger partial charge >= 0.3 is 11.9 Å². The molecule has 0 radical (unpaired) electrons. The van der Waals surface area contributed by atoms with Crippen molar-refractivity contribution in [1.29, 1.82) is 0 Å². The van der Waals surface area contributed by atoms with Gasteiger partial charge in [-0.1, -0.05) is 175 Å². The van der Waals surface area contributed by atoms with Crippen LogP contribution in [-0.2, 0) is 23.9 Å². The summed E-state index contributed by atoms with van der Waals surface area (Å²) >= 11 is 0. The zero-order valence-corrected chi connectivity index (χ0v) is 38.4. The molecule has 0 aromatic rings. The molecule has 0 rings (SSSR count). The number of ether oxygens (including phenoxy) is 2. The van der Waals surface area contributed by atoms with Gasteiger partial charge in [-0.05, 0) is 76.9 Å². The molecular weight excluding hydrogens is 713 g/mol. The lowest BCUT2D eigenvalue weighted by molar-refractivity contribution is -0.145. The highest BCUT2D eigenvalue weighted by molar-refractivity contribution is 5.75. The Hall–Kier alpha value is -1.67. The average Bonchev–Trinajstić information content (AvgIpc) is 3.20. The maximum absolute atomic E-state index is 12.6. The van der Waals surface area contributed by atoms with Crippen LogP contribution in [0.1, 0.15) is 239 Å². The number of rotatable bonds is 46. The number of carboxylic acids is 1. The highest BCUT2D eigenvalue weighted by Crippen LogP contribution is 2.30. The summed E-state index contributed by atoms with van der Waals surface area (Å²) in [5.74, 6) is -0.450. The molecule has 8 nitrogen and oxygen atoms in total. The first-order valence-corrected chi connectivity index (χ1v) is 24.8. The third kappa shape index (κ3) is 38.3. The topological polar surface area (TPSA) is 105 Å². The summed E-state index contributed by atoms with van der Waals surface area (Å²) < 4.78 is 10.5. The van der Waals surface area contributed by atoms with Gasteiger partial charge in [0.2, 0.25) is 5.91 Å². The number of nitrogens with one attached hydrogen (secondary N) is 1. The smallest absolute Gasteiger partial charge is 0.306 e. The number of carbonyl (C=O) groups is 3. The summed E-state index contributed by atoms with van der Waals surface area (Å²) in [5, 5.41) is 13.4. The SMILES string of the molecule is CCCCCCCCCOC(=O)CCCCCCCN(CCCCCCC(C(=O)O)C(CCCCCCCC)CCCCCCCC)CCCNC(=O)CCOC. The van der Waals surface area contributed by atoms with Crippen molar-refractivity contribution in [3.05, 3.63) is 0 Å². The Morgan fingerprint density at radius 3 is 1.46 bits per heavy atom. The largest absolute Gasteiger partial charge is 0.481 e. The van der Waals surface area contributed by atoms with E-state index in [9.17, 15) is 19.5 Å². The van der Waals surface area contributed by atoms with Gasteiger partial charge in [-0.15, -0.1) is 0 Å². The zero-order valence-electron chi connectivity index (χ0n) is 38.4. The fourth-order valence-corrected chi connectivity index (χ4v) is 8.14. The number of hydrogen-bond acceptors (Lipinski definition) is 6. The van der Waals surface area contributed by atoms with Gasteiger partial charge in [-0.25, -0.2) is 0 Å². The molecule has 0 aliphatic heterocycles. The van der Waals surface area contributed by atoms with Crippen LogP contribution in [0.4, 0.5) is 0 Å². The molecule has 1 amide bonds. The van der Waals surface area contributed by atoms with Gasteiger partial charge in [0.1, 0.15) is 0 Å². The second-order valence-electron chi connectivity index (χ2n) is 17.2. The first-order valence-electron chi connectivity index (χ1n) is 24.8. The van der Waals surface area contributed by atoms with E-state index in [4.69, 9.17) is 9.47 Å². The molecule has 0 aromatic carbocycles. The van der Waals surface area contributed by atoms with Gasteiger partial charge < -0.3 is 24.8 Å². The van der Waals surface area contributed by atoms with Crippen LogP contribution >= 0.6 is 0 Å². The molecular formula is C49H96N2O6. The Labute approximate surface area is 353 Å². The molecule has 0 aliphatic rings. The van der Waals surface area contributed by atoms with E-state index in [0.29, 0.717) is 38.5 Å². The lowest BCUT2D eigenvalue weighted by atomic mass is 9.80. The van der Waals surface area contributed by atoms with E-state index in [0.717, 1.165) is 116 Å². The third-order valence-corrected chi connectivity index (χ3v) is 11.9. The summed E-state index contributed by atoms with van der Waals surface area (Å²) in [6.45, 7) is 11.5. The van der Waals surface area contributed by atoms with Gasteiger partial charge in [0.05, 0.1) is 19.1 Å². The molecule has 2 N–H and O–H groups in total. The predicted molar refractivity (Wildman–Crippen MR) is 241 cm³/mol. The molecule has 0 heterocycles. The number of carbonyl (C=O) groups excluding carboxylic acids is 2. The highest BCUT2D eigenvalue weighted by Gasteiger charge is 2.27. The number of amides is 1. The van der Waals surface area contributed by atoms with Gasteiger partial charge in [0.25, 0.3) is 0 Å². The van der Waals surface area contributed by atoms with Crippen molar-refractivity contribution >= 4 is 17.8 Å². The predicted octanol–water partition coefficient (Wildman–Crippen LogP) is 13.2. The first-order chi connectivity index (χ1) is 27.9. The van der Waals surface area contributed by atoms with Crippen molar-refractivity contribution in [3.63, 3.8) is 0 Å². The van der Waals surface area contributed by atoms with Crippen molar-refractivity contribution in [3.8, 4) is 0 Å². The summed E-state index contributed by atoms with van der Waals surface area (Å²) in [5.41, 5.74) is 0. The lowest BCUT2D eigenvalue weighted by Crippen LogP contribution is -2.31. The Kier molecular flexibility index (Phi) is 42.6. The molecule has 0 saturated heterocycles. The number of unbranched alkanes of at least 4 members (excludes halogenated alkanes) is 23. The van der Waals surface area contributed by atoms with Crippen LogP contribution in [-0.4, -0.2) is 74.4 Å². The second kappa shape index (κ2) is 43.9. The quantitative estimate of drug-likeness (QED) is 0.0466. The maximum Gasteiger partial charge on any atom is 0.306 e. The van der Waals surface area contributed by atoms with Crippen molar-refractivity contribution in [1.82, 2.24) is 10.2 Å². The van der Waals surface area contributed by atoms with E-state index in [1.807, 2.05) is 0 Å². The zero-order chi connectivity index (χ0) is 41.9. The minimum absolute atomic E-state index is 0.0406. The van der Waals surface area contributed by atoms with E-state index in [-0.39, 0.29) is 17.8 Å². The second-order valence-corrected chi connectivity index (χ2v) is 17.2. The van der Waals surface area contributed by atoms with Crippen molar-refractivity contribution in [2.45, 2.75) is 239 Å². The van der Waals surface area contributed by atoms with Gasteiger partial charge in [-0.2, -0.15) is 0 Å². The monoisotopic (exact) mass is 809 g/mol. The number of aliphatic carboxylic acids is 1. The molecule has 0 aliphatic carbocycles. The van der Waals surface area contributed by atoms with E-state index in [1.54, 1.807) is 7.11 Å². The van der Waals surface area contributed by atoms with Crippen LogP contribution in [0.25, 0.3) is 0 Å².